The Morgan fingerprint density at radius 2 is 2.15 bits per heavy atom. The summed E-state index contributed by atoms with van der Waals surface area (Å²) in [6.45, 7) is 3.15. The number of nitrogens with zero attached hydrogens (tertiary/aromatic N) is 2. The molecule has 0 aromatic carbocycles. The molecule has 3 rings (SSSR count). The summed E-state index contributed by atoms with van der Waals surface area (Å²) in [6, 6.07) is 3.29. The van der Waals surface area contributed by atoms with Crippen LogP contribution in [0.2, 0.25) is 4.34 Å². The predicted octanol–water partition coefficient (Wildman–Crippen LogP) is 2.17. The molecule has 2 saturated heterocycles. The summed E-state index contributed by atoms with van der Waals surface area (Å²) in [5.74, 6) is 0.202. The summed E-state index contributed by atoms with van der Waals surface area (Å²) in [6.07, 6.45) is 2.50. The van der Waals surface area contributed by atoms with Gasteiger partial charge in [0.1, 0.15) is 12.1 Å². The monoisotopic (exact) mass is 312 g/mol. The smallest absolute Gasteiger partial charge is 0.246 e. The Hall–Kier alpha value is -1.07. The van der Waals surface area contributed by atoms with Crippen LogP contribution in [0, 0.1) is 0 Å². The van der Waals surface area contributed by atoms with E-state index in [0.717, 1.165) is 35.0 Å². The van der Waals surface area contributed by atoms with Gasteiger partial charge in [-0.05, 0) is 38.3 Å². The van der Waals surface area contributed by atoms with Gasteiger partial charge >= 0.3 is 0 Å². The first-order chi connectivity index (χ1) is 9.58. The topological polar surface area (TPSA) is 40.6 Å². The van der Waals surface area contributed by atoms with Crippen LogP contribution in [-0.2, 0) is 16.0 Å². The van der Waals surface area contributed by atoms with E-state index in [1.807, 2.05) is 19.1 Å². The Kier molecular flexibility index (Phi) is 3.73. The predicted molar refractivity (Wildman–Crippen MR) is 78.9 cm³/mol. The molecule has 108 valence electrons. The highest BCUT2D eigenvalue weighted by Gasteiger charge is 2.45. The summed E-state index contributed by atoms with van der Waals surface area (Å²) in [4.78, 5) is 29.4. The zero-order valence-electron chi connectivity index (χ0n) is 11.3. The first-order valence-corrected chi connectivity index (χ1v) is 8.12. The van der Waals surface area contributed by atoms with Crippen LogP contribution in [0.25, 0.3) is 0 Å². The van der Waals surface area contributed by atoms with Gasteiger partial charge in [-0.3, -0.25) is 9.59 Å². The molecule has 0 saturated carbocycles. The Morgan fingerprint density at radius 3 is 2.85 bits per heavy atom. The molecule has 2 amide bonds. The number of hydrogen-bond acceptors (Lipinski definition) is 3. The van der Waals surface area contributed by atoms with E-state index in [-0.39, 0.29) is 23.9 Å². The molecule has 0 spiro atoms. The van der Waals surface area contributed by atoms with Gasteiger partial charge in [-0.25, -0.2) is 0 Å². The normalized spacial score (nSPS) is 26.3. The SMILES string of the molecule is CC1C(=O)N2CCCC2C(=O)N1CCc1ccc(Cl)s1. The molecule has 2 aliphatic rings. The first-order valence-electron chi connectivity index (χ1n) is 6.93. The van der Waals surface area contributed by atoms with E-state index in [4.69, 9.17) is 11.6 Å². The second-order valence-corrected chi connectivity index (χ2v) is 7.15. The molecule has 1 aromatic heterocycles. The lowest BCUT2D eigenvalue weighted by Gasteiger charge is -2.40. The second kappa shape index (κ2) is 5.37. The molecule has 0 aliphatic carbocycles. The summed E-state index contributed by atoms with van der Waals surface area (Å²) in [5.41, 5.74) is 0. The summed E-state index contributed by atoms with van der Waals surface area (Å²) >= 11 is 7.44. The number of thiophene rings is 1. The van der Waals surface area contributed by atoms with Gasteiger partial charge in [-0.2, -0.15) is 0 Å². The summed E-state index contributed by atoms with van der Waals surface area (Å²) < 4.78 is 0.760. The van der Waals surface area contributed by atoms with Crippen molar-refractivity contribution in [3.05, 3.63) is 21.3 Å². The maximum Gasteiger partial charge on any atom is 0.246 e. The van der Waals surface area contributed by atoms with Gasteiger partial charge in [0, 0.05) is 18.0 Å². The fourth-order valence-electron chi connectivity index (χ4n) is 3.06. The Labute approximate surface area is 127 Å². The van der Waals surface area contributed by atoms with Crippen molar-refractivity contribution >= 4 is 34.8 Å². The average molecular weight is 313 g/mol. The number of hydrogen-bond donors (Lipinski definition) is 0. The molecule has 20 heavy (non-hydrogen) atoms. The fraction of sp³-hybridized carbons (Fsp3) is 0.571. The largest absolute Gasteiger partial charge is 0.329 e. The van der Waals surface area contributed by atoms with Crippen LogP contribution in [0.1, 0.15) is 24.6 Å². The molecule has 2 atom stereocenters. The van der Waals surface area contributed by atoms with E-state index >= 15 is 0 Å². The van der Waals surface area contributed by atoms with Crippen LogP contribution < -0.4 is 0 Å². The molecule has 2 unspecified atom stereocenters. The number of rotatable bonds is 3. The van der Waals surface area contributed by atoms with E-state index in [0.29, 0.717) is 6.54 Å². The maximum absolute atomic E-state index is 12.5. The van der Waals surface area contributed by atoms with E-state index in [2.05, 4.69) is 0 Å². The lowest BCUT2D eigenvalue weighted by Crippen LogP contribution is -2.62. The van der Waals surface area contributed by atoms with Crippen LogP contribution in [0.3, 0.4) is 0 Å². The molecular formula is C14H17ClN2O2S. The first kappa shape index (κ1) is 13.9. The third-order valence-corrected chi connectivity index (χ3v) is 5.45. The zero-order chi connectivity index (χ0) is 14.3. The molecular weight excluding hydrogens is 296 g/mol. The van der Waals surface area contributed by atoms with Crippen molar-refractivity contribution in [2.24, 2.45) is 0 Å². The molecule has 2 aliphatic heterocycles. The lowest BCUT2D eigenvalue weighted by molar-refractivity contribution is -0.158. The molecule has 3 heterocycles. The number of amides is 2. The quantitative estimate of drug-likeness (QED) is 0.858. The minimum atomic E-state index is -0.340. The van der Waals surface area contributed by atoms with Gasteiger partial charge in [0.2, 0.25) is 11.8 Å². The Morgan fingerprint density at radius 1 is 1.35 bits per heavy atom. The van der Waals surface area contributed by atoms with Crippen molar-refractivity contribution in [2.45, 2.75) is 38.3 Å². The van der Waals surface area contributed by atoms with E-state index in [1.54, 1.807) is 9.80 Å². The molecule has 0 radical (unpaired) electrons. The average Bonchev–Trinajstić information content (AvgIpc) is 3.05. The number of carbonyl (C=O) groups is 2. The van der Waals surface area contributed by atoms with Crippen molar-refractivity contribution in [3.8, 4) is 0 Å². The highest BCUT2D eigenvalue weighted by atomic mass is 35.5. The van der Waals surface area contributed by atoms with Crippen LogP contribution in [-0.4, -0.2) is 46.8 Å². The highest BCUT2D eigenvalue weighted by molar-refractivity contribution is 7.16. The van der Waals surface area contributed by atoms with Gasteiger partial charge in [0.25, 0.3) is 0 Å². The van der Waals surface area contributed by atoms with Crippen LogP contribution in [0.15, 0.2) is 12.1 Å². The van der Waals surface area contributed by atoms with Crippen LogP contribution >= 0.6 is 22.9 Å². The molecule has 0 N–H and O–H groups in total. The minimum Gasteiger partial charge on any atom is -0.329 e. The number of piperazine rings is 1. The molecule has 4 nitrogen and oxygen atoms in total. The third-order valence-electron chi connectivity index (χ3n) is 4.16. The van der Waals surface area contributed by atoms with Crippen LogP contribution in [0.4, 0.5) is 0 Å². The zero-order valence-corrected chi connectivity index (χ0v) is 12.9. The summed E-state index contributed by atoms with van der Waals surface area (Å²) in [7, 11) is 0. The summed E-state index contributed by atoms with van der Waals surface area (Å²) in [5, 5.41) is 0. The number of halogens is 1. The van der Waals surface area contributed by atoms with E-state index in [1.165, 1.54) is 11.3 Å². The standard InChI is InChI=1S/C14H17ClN2O2S/c1-9-13(18)17-7-2-3-11(17)14(19)16(9)8-6-10-4-5-12(15)20-10/h4-5,9,11H,2-3,6-8H2,1H3. The Balaban J connectivity index is 1.71. The lowest BCUT2D eigenvalue weighted by atomic mass is 10.1. The van der Waals surface area contributed by atoms with Gasteiger partial charge in [-0.15, -0.1) is 11.3 Å². The fourth-order valence-corrected chi connectivity index (χ4v) is 4.14. The third kappa shape index (κ3) is 2.33. The van der Waals surface area contributed by atoms with Crippen molar-refractivity contribution in [1.29, 1.82) is 0 Å². The number of carbonyl (C=O) groups excluding carboxylic acids is 2. The van der Waals surface area contributed by atoms with E-state index in [9.17, 15) is 9.59 Å². The highest BCUT2D eigenvalue weighted by Crippen LogP contribution is 2.28. The molecule has 6 heteroatoms. The van der Waals surface area contributed by atoms with Gasteiger partial charge in [0.15, 0.2) is 0 Å². The minimum absolute atomic E-state index is 0.0938. The van der Waals surface area contributed by atoms with E-state index < -0.39 is 0 Å². The maximum atomic E-state index is 12.5. The van der Waals surface area contributed by atoms with Crippen molar-refractivity contribution in [3.63, 3.8) is 0 Å². The van der Waals surface area contributed by atoms with Gasteiger partial charge < -0.3 is 9.80 Å². The second-order valence-electron chi connectivity index (χ2n) is 5.35. The van der Waals surface area contributed by atoms with Gasteiger partial charge in [0.05, 0.1) is 4.34 Å². The van der Waals surface area contributed by atoms with Crippen molar-refractivity contribution in [2.75, 3.05) is 13.1 Å². The van der Waals surface area contributed by atoms with Crippen molar-refractivity contribution < 1.29 is 9.59 Å². The number of fused-ring (bicyclic) bond motifs is 1. The van der Waals surface area contributed by atoms with Gasteiger partial charge in [-0.1, -0.05) is 11.6 Å². The molecule has 1 aromatic rings. The Bertz CT molecular complexity index is 545. The van der Waals surface area contributed by atoms with Crippen LogP contribution in [0.5, 0.6) is 0 Å². The molecule has 0 bridgehead atoms. The molecule has 2 fully saturated rings. The van der Waals surface area contributed by atoms with Crippen molar-refractivity contribution in [1.82, 2.24) is 9.80 Å².